The average Bonchev–Trinajstić information content (AvgIpc) is 2.56. The van der Waals surface area contributed by atoms with Gasteiger partial charge in [0.05, 0.1) is 12.1 Å². The van der Waals surface area contributed by atoms with Crippen LogP contribution in [0, 0.1) is 0 Å². The molecule has 0 saturated heterocycles. The summed E-state index contributed by atoms with van der Waals surface area (Å²) in [6.45, 7) is 2.07. The lowest BCUT2D eigenvalue weighted by Gasteiger charge is -2.25. The zero-order valence-electron chi connectivity index (χ0n) is 12.8. The number of para-hydroxylation sites is 2. The van der Waals surface area contributed by atoms with E-state index in [1.165, 1.54) is 5.56 Å². The molecule has 2 N–H and O–H groups in total. The van der Waals surface area contributed by atoms with E-state index in [-0.39, 0.29) is 18.2 Å². The molecule has 0 saturated carbocycles. The van der Waals surface area contributed by atoms with Gasteiger partial charge in [-0.25, -0.2) is 0 Å². The second-order valence-corrected chi connectivity index (χ2v) is 5.39. The number of fused-ring (bicyclic) bond motifs is 1. The maximum atomic E-state index is 12.1. The molecule has 1 heterocycles. The summed E-state index contributed by atoms with van der Waals surface area (Å²) in [5, 5.41) is 5.54. The van der Waals surface area contributed by atoms with E-state index in [1.807, 2.05) is 36.4 Å². The first-order chi connectivity index (χ1) is 11.2. The van der Waals surface area contributed by atoms with Crippen molar-refractivity contribution in [1.82, 2.24) is 0 Å². The third kappa shape index (κ3) is 3.51. The van der Waals surface area contributed by atoms with Gasteiger partial charge in [0.25, 0.3) is 5.91 Å². The van der Waals surface area contributed by atoms with E-state index >= 15 is 0 Å². The lowest BCUT2D eigenvalue weighted by molar-refractivity contribution is -0.128. The first kappa shape index (κ1) is 15.1. The summed E-state index contributed by atoms with van der Waals surface area (Å²) >= 11 is 0. The fourth-order valence-electron chi connectivity index (χ4n) is 2.43. The van der Waals surface area contributed by atoms with Crippen molar-refractivity contribution < 1.29 is 14.3 Å². The molecule has 5 heteroatoms. The largest absolute Gasteiger partial charge is 0.478 e. The van der Waals surface area contributed by atoms with Crippen LogP contribution in [0.5, 0.6) is 5.75 Å². The van der Waals surface area contributed by atoms with Gasteiger partial charge in [-0.2, -0.15) is 0 Å². The van der Waals surface area contributed by atoms with E-state index in [1.54, 1.807) is 12.1 Å². The number of amides is 2. The molecular weight excluding hydrogens is 292 g/mol. The molecule has 1 unspecified atom stereocenters. The Labute approximate surface area is 134 Å². The fraction of sp³-hybridized carbons (Fsp3) is 0.222. The minimum absolute atomic E-state index is 0.0320. The van der Waals surface area contributed by atoms with E-state index in [2.05, 4.69) is 17.6 Å². The number of nitrogens with one attached hydrogen (secondary N) is 2. The number of ether oxygens (including phenoxy) is 1. The van der Waals surface area contributed by atoms with Crippen LogP contribution in [0.25, 0.3) is 0 Å². The van der Waals surface area contributed by atoms with Crippen molar-refractivity contribution in [2.24, 2.45) is 0 Å². The number of carbonyl (C=O) groups is 2. The Bertz CT molecular complexity index is 725. The van der Waals surface area contributed by atoms with Crippen LogP contribution in [0.15, 0.2) is 48.5 Å². The Morgan fingerprint density at radius 3 is 2.65 bits per heavy atom. The number of rotatable bonds is 4. The maximum absolute atomic E-state index is 12.1. The molecule has 0 bridgehead atoms. The van der Waals surface area contributed by atoms with Gasteiger partial charge in [0, 0.05) is 5.69 Å². The molecule has 1 aliphatic rings. The molecule has 0 fully saturated rings. The molecular formula is C18H18N2O3. The second-order valence-electron chi connectivity index (χ2n) is 5.39. The van der Waals surface area contributed by atoms with Gasteiger partial charge in [-0.1, -0.05) is 31.2 Å². The Balaban J connectivity index is 1.62. The SMILES string of the molecule is CCc1ccc(NC(=O)CC2Oc3ccccc3NC2=O)cc1. The Hall–Kier alpha value is -2.82. The molecule has 3 rings (SSSR count). The van der Waals surface area contributed by atoms with Crippen LogP contribution in [0.2, 0.25) is 0 Å². The van der Waals surface area contributed by atoms with Crippen molar-refractivity contribution in [2.75, 3.05) is 10.6 Å². The van der Waals surface area contributed by atoms with Crippen LogP contribution < -0.4 is 15.4 Å². The Kier molecular flexibility index (Phi) is 4.28. The lowest BCUT2D eigenvalue weighted by atomic mass is 10.1. The van der Waals surface area contributed by atoms with Gasteiger partial charge < -0.3 is 15.4 Å². The molecule has 5 nitrogen and oxygen atoms in total. The van der Waals surface area contributed by atoms with Gasteiger partial charge in [0.1, 0.15) is 5.75 Å². The van der Waals surface area contributed by atoms with Gasteiger partial charge in [-0.3, -0.25) is 9.59 Å². The van der Waals surface area contributed by atoms with Gasteiger partial charge >= 0.3 is 0 Å². The second kappa shape index (κ2) is 6.52. The normalized spacial score (nSPS) is 16.0. The van der Waals surface area contributed by atoms with E-state index in [9.17, 15) is 9.59 Å². The van der Waals surface area contributed by atoms with Crippen LogP contribution in [0.1, 0.15) is 18.9 Å². The van der Waals surface area contributed by atoms with Crippen molar-refractivity contribution in [3.8, 4) is 5.75 Å². The van der Waals surface area contributed by atoms with Gasteiger partial charge in [0.15, 0.2) is 6.10 Å². The van der Waals surface area contributed by atoms with Crippen LogP contribution >= 0.6 is 0 Å². The third-order valence-corrected chi connectivity index (χ3v) is 3.72. The number of carbonyl (C=O) groups excluding carboxylic acids is 2. The zero-order valence-corrected chi connectivity index (χ0v) is 12.8. The first-order valence-corrected chi connectivity index (χ1v) is 7.61. The van der Waals surface area contributed by atoms with E-state index in [4.69, 9.17) is 4.74 Å². The average molecular weight is 310 g/mol. The number of hydrogen-bond donors (Lipinski definition) is 2. The summed E-state index contributed by atoms with van der Waals surface area (Å²) in [7, 11) is 0. The highest BCUT2D eigenvalue weighted by molar-refractivity contribution is 6.01. The van der Waals surface area contributed by atoms with Crippen molar-refractivity contribution in [3.05, 3.63) is 54.1 Å². The molecule has 0 radical (unpaired) electrons. The molecule has 1 atom stereocenters. The predicted molar refractivity (Wildman–Crippen MR) is 88.6 cm³/mol. The van der Waals surface area contributed by atoms with Crippen LogP contribution in [-0.2, 0) is 16.0 Å². The van der Waals surface area contributed by atoms with Gasteiger partial charge in [-0.05, 0) is 36.2 Å². The Morgan fingerprint density at radius 2 is 1.91 bits per heavy atom. The van der Waals surface area contributed by atoms with E-state index in [0.29, 0.717) is 17.1 Å². The van der Waals surface area contributed by atoms with Crippen molar-refractivity contribution in [1.29, 1.82) is 0 Å². The molecule has 2 aromatic rings. The van der Waals surface area contributed by atoms with Crippen molar-refractivity contribution >= 4 is 23.2 Å². The quantitative estimate of drug-likeness (QED) is 0.912. The highest BCUT2D eigenvalue weighted by atomic mass is 16.5. The number of hydrogen-bond acceptors (Lipinski definition) is 3. The Morgan fingerprint density at radius 1 is 1.17 bits per heavy atom. The molecule has 2 amide bonds. The molecule has 0 aromatic heterocycles. The summed E-state index contributed by atoms with van der Waals surface area (Å²) < 4.78 is 5.62. The summed E-state index contributed by atoms with van der Waals surface area (Å²) in [6.07, 6.45) is 0.0965. The predicted octanol–water partition coefficient (Wildman–Crippen LogP) is 2.98. The topological polar surface area (TPSA) is 67.4 Å². The van der Waals surface area contributed by atoms with Gasteiger partial charge in [0.2, 0.25) is 5.91 Å². The molecule has 0 aliphatic carbocycles. The molecule has 0 spiro atoms. The molecule has 23 heavy (non-hydrogen) atoms. The van der Waals surface area contributed by atoms with Crippen LogP contribution in [0.3, 0.4) is 0 Å². The fourth-order valence-corrected chi connectivity index (χ4v) is 2.43. The highest BCUT2D eigenvalue weighted by Gasteiger charge is 2.29. The lowest BCUT2D eigenvalue weighted by Crippen LogP contribution is -2.39. The molecule has 1 aliphatic heterocycles. The monoisotopic (exact) mass is 310 g/mol. The van der Waals surface area contributed by atoms with Crippen molar-refractivity contribution in [3.63, 3.8) is 0 Å². The van der Waals surface area contributed by atoms with Crippen LogP contribution in [0.4, 0.5) is 11.4 Å². The summed E-state index contributed by atoms with van der Waals surface area (Å²) in [5.41, 5.74) is 2.54. The number of benzene rings is 2. The smallest absolute Gasteiger partial charge is 0.266 e. The number of aryl methyl sites for hydroxylation is 1. The summed E-state index contributed by atoms with van der Waals surface area (Å²) in [4.78, 5) is 24.1. The summed E-state index contributed by atoms with van der Waals surface area (Å²) in [6, 6.07) is 14.8. The highest BCUT2D eigenvalue weighted by Crippen LogP contribution is 2.29. The van der Waals surface area contributed by atoms with E-state index < -0.39 is 6.10 Å². The first-order valence-electron chi connectivity index (χ1n) is 7.61. The summed E-state index contributed by atoms with van der Waals surface area (Å²) in [5.74, 6) is 0.0196. The molecule has 2 aromatic carbocycles. The minimum atomic E-state index is -0.820. The molecule has 118 valence electrons. The zero-order chi connectivity index (χ0) is 16.2. The maximum Gasteiger partial charge on any atom is 0.266 e. The minimum Gasteiger partial charge on any atom is -0.478 e. The van der Waals surface area contributed by atoms with E-state index in [0.717, 1.165) is 6.42 Å². The van der Waals surface area contributed by atoms with Gasteiger partial charge in [-0.15, -0.1) is 0 Å². The van der Waals surface area contributed by atoms with Crippen LogP contribution in [-0.4, -0.2) is 17.9 Å². The standard InChI is InChI=1S/C18H18N2O3/c1-2-12-7-9-13(10-8-12)19-17(21)11-16-18(22)20-14-5-3-4-6-15(14)23-16/h3-10,16H,2,11H2,1H3,(H,19,21)(H,20,22). The third-order valence-electron chi connectivity index (χ3n) is 3.72. The van der Waals surface area contributed by atoms with Crippen molar-refractivity contribution in [2.45, 2.75) is 25.9 Å². The number of anilines is 2.